The molecule has 136 valence electrons. The number of phenolic OH excluding ortho intramolecular Hbond substituents is 1. The predicted octanol–water partition coefficient (Wildman–Crippen LogP) is 1.46. The number of anilines is 1. The fraction of sp³-hybridized carbons (Fsp3) is 0.118. The molecule has 0 saturated heterocycles. The van der Waals surface area contributed by atoms with Crippen molar-refractivity contribution in [1.29, 1.82) is 0 Å². The van der Waals surface area contributed by atoms with Crippen LogP contribution in [-0.2, 0) is 6.42 Å². The van der Waals surface area contributed by atoms with Crippen LogP contribution in [0.15, 0.2) is 29.6 Å². The lowest BCUT2D eigenvalue weighted by atomic mass is 9.92. The van der Waals surface area contributed by atoms with Crippen LogP contribution in [-0.4, -0.2) is 39.4 Å². The van der Waals surface area contributed by atoms with E-state index >= 15 is 0 Å². The Hall–Kier alpha value is -3.75. The number of aromatic amines is 1. The summed E-state index contributed by atoms with van der Waals surface area (Å²) >= 11 is 0. The summed E-state index contributed by atoms with van der Waals surface area (Å²) in [5.41, 5.74) is 2.84. The van der Waals surface area contributed by atoms with Crippen LogP contribution in [0.2, 0.25) is 0 Å². The van der Waals surface area contributed by atoms with Crippen LogP contribution in [0.1, 0.15) is 26.3 Å². The largest absolute Gasteiger partial charge is 0.504 e. The second kappa shape index (κ2) is 7.01. The van der Waals surface area contributed by atoms with Crippen molar-refractivity contribution >= 4 is 17.8 Å². The summed E-state index contributed by atoms with van der Waals surface area (Å²) < 4.78 is 5.06. The SMILES string of the molecule is C=CCc1cc(OC)c(O)c(-c2c(C(=O)O)c(N)[nH]c(=O)c2C(=O)O)c1. The molecule has 26 heavy (non-hydrogen) atoms. The van der Waals surface area contributed by atoms with Gasteiger partial charge in [0.1, 0.15) is 16.9 Å². The number of phenols is 1. The average molecular weight is 360 g/mol. The molecule has 0 radical (unpaired) electrons. The second-order valence-electron chi connectivity index (χ2n) is 5.29. The van der Waals surface area contributed by atoms with Gasteiger partial charge in [0.05, 0.1) is 7.11 Å². The number of nitrogens with one attached hydrogen (secondary N) is 1. The molecule has 1 aromatic heterocycles. The fourth-order valence-electron chi connectivity index (χ4n) is 2.61. The molecule has 1 aromatic carbocycles. The highest BCUT2D eigenvalue weighted by Gasteiger charge is 2.29. The van der Waals surface area contributed by atoms with Crippen LogP contribution in [0.5, 0.6) is 11.5 Å². The first-order valence-electron chi connectivity index (χ1n) is 7.26. The number of carboxylic acids is 2. The Balaban J connectivity index is 3.06. The minimum Gasteiger partial charge on any atom is -0.504 e. The molecule has 9 nitrogen and oxygen atoms in total. The molecular formula is C17H16N2O7. The van der Waals surface area contributed by atoms with E-state index in [4.69, 9.17) is 10.5 Å². The molecule has 0 bridgehead atoms. The summed E-state index contributed by atoms with van der Waals surface area (Å²) in [6.07, 6.45) is 1.88. The molecule has 6 N–H and O–H groups in total. The quantitative estimate of drug-likeness (QED) is 0.483. The van der Waals surface area contributed by atoms with Crippen LogP contribution in [0.25, 0.3) is 11.1 Å². The second-order valence-corrected chi connectivity index (χ2v) is 5.29. The first kappa shape index (κ1) is 18.6. The fourth-order valence-corrected chi connectivity index (χ4v) is 2.61. The number of hydrogen-bond acceptors (Lipinski definition) is 6. The minimum atomic E-state index is -1.67. The third-order valence-corrected chi connectivity index (χ3v) is 3.68. The number of methoxy groups -OCH3 is 1. The smallest absolute Gasteiger partial charge is 0.342 e. The van der Waals surface area contributed by atoms with Crippen LogP contribution in [0.3, 0.4) is 0 Å². The average Bonchev–Trinajstić information content (AvgIpc) is 2.54. The van der Waals surface area contributed by atoms with Gasteiger partial charge < -0.3 is 30.8 Å². The molecule has 0 atom stereocenters. The van der Waals surface area contributed by atoms with E-state index < -0.39 is 45.8 Å². The molecule has 0 fully saturated rings. The molecule has 2 rings (SSSR count). The number of nitrogen functional groups attached to an aromatic ring is 1. The Labute approximate surface area is 147 Å². The Morgan fingerprint density at radius 3 is 2.38 bits per heavy atom. The van der Waals surface area contributed by atoms with E-state index in [9.17, 15) is 29.7 Å². The molecule has 9 heteroatoms. The molecule has 0 spiro atoms. The normalized spacial score (nSPS) is 10.3. The number of aromatic nitrogens is 1. The van der Waals surface area contributed by atoms with Gasteiger partial charge in [-0.3, -0.25) is 4.79 Å². The number of rotatable bonds is 6. The molecule has 1 heterocycles. The van der Waals surface area contributed by atoms with Crippen molar-refractivity contribution in [2.24, 2.45) is 0 Å². The molecule has 2 aromatic rings. The van der Waals surface area contributed by atoms with Crippen molar-refractivity contribution in [2.45, 2.75) is 6.42 Å². The number of H-pyrrole nitrogens is 1. The number of aromatic carboxylic acids is 2. The number of hydrogen-bond donors (Lipinski definition) is 5. The Morgan fingerprint density at radius 2 is 1.88 bits per heavy atom. The van der Waals surface area contributed by atoms with Gasteiger partial charge in [-0.15, -0.1) is 6.58 Å². The Bertz CT molecular complexity index is 976. The van der Waals surface area contributed by atoms with E-state index in [1.807, 2.05) is 4.98 Å². The van der Waals surface area contributed by atoms with Crippen molar-refractivity contribution in [3.8, 4) is 22.6 Å². The zero-order valence-corrected chi connectivity index (χ0v) is 13.7. The first-order chi connectivity index (χ1) is 12.2. The molecule has 0 aliphatic heterocycles. The third-order valence-electron chi connectivity index (χ3n) is 3.68. The van der Waals surface area contributed by atoms with Crippen LogP contribution in [0, 0.1) is 0 Å². The number of pyridine rings is 1. The van der Waals surface area contributed by atoms with Gasteiger partial charge >= 0.3 is 11.9 Å². The lowest BCUT2D eigenvalue weighted by molar-refractivity contribution is 0.0695. The van der Waals surface area contributed by atoms with Gasteiger partial charge in [-0.25, -0.2) is 9.59 Å². The number of ether oxygens (including phenoxy) is 1. The Kier molecular flexibility index (Phi) is 5.01. The van der Waals surface area contributed by atoms with E-state index in [0.717, 1.165) is 0 Å². The van der Waals surface area contributed by atoms with Crippen molar-refractivity contribution in [3.63, 3.8) is 0 Å². The van der Waals surface area contributed by atoms with Crippen molar-refractivity contribution < 1.29 is 29.6 Å². The highest BCUT2D eigenvalue weighted by atomic mass is 16.5. The van der Waals surface area contributed by atoms with Crippen molar-refractivity contribution in [3.05, 3.63) is 51.8 Å². The molecule has 0 aliphatic carbocycles. The van der Waals surface area contributed by atoms with Crippen LogP contribution in [0.4, 0.5) is 5.82 Å². The summed E-state index contributed by atoms with van der Waals surface area (Å²) in [5, 5.41) is 29.3. The maximum atomic E-state index is 12.1. The molecule has 0 amide bonds. The summed E-state index contributed by atoms with van der Waals surface area (Å²) in [6, 6.07) is 2.84. The number of carbonyl (C=O) groups is 2. The van der Waals surface area contributed by atoms with E-state index in [1.54, 1.807) is 6.08 Å². The van der Waals surface area contributed by atoms with E-state index in [1.165, 1.54) is 19.2 Å². The van der Waals surface area contributed by atoms with Crippen LogP contribution >= 0.6 is 0 Å². The highest BCUT2D eigenvalue weighted by Crippen LogP contribution is 2.41. The maximum absolute atomic E-state index is 12.1. The Morgan fingerprint density at radius 1 is 1.27 bits per heavy atom. The number of benzene rings is 1. The minimum absolute atomic E-state index is 0.0223. The predicted molar refractivity (Wildman–Crippen MR) is 92.9 cm³/mol. The molecular weight excluding hydrogens is 344 g/mol. The molecule has 0 saturated carbocycles. The summed E-state index contributed by atoms with van der Waals surface area (Å²) in [4.78, 5) is 37.3. The number of carboxylic acid groups (broad SMARTS) is 2. The van der Waals surface area contributed by atoms with E-state index in [2.05, 4.69) is 6.58 Å². The van der Waals surface area contributed by atoms with Crippen molar-refractivity contribution in [1.82, 2.24) is 4.98 Å². The van der Waals surface area contributed by atoms with Crippen molar-refractivity contribution in [2.75, 3.05) is 12.8 Å². The van der Waals surface area contributed by atoms with Gasteiger partial charge in [-0.2, -0.15) is 0 Å². The lowest BCUT2D eigenvalue weighted by Gasteiger charge is -2.16. The molecule has 0 unspecified atom stereocenters. The number of nitrogens with two attached hydrogens (primary N) is 1. The standard InChI is InChI=1S/C17H16N2O7/c1-3-4-7-5-8(13(20)9(6-7)26-2)10-11(16(22)23)14(18)19-15(21)12(10)17(24)25/h3,5-6,20H,1,4H2,2H3,(H,22,23)(H,24,25)(H3,18,19,21). The topological polar surface area (TPSA) is 163 Å². The van der Waals surface area contributed by atoms with Gasteiger partial charge in [0.2, 0.25) is 0 Å². The number of aromatic hydroxyl groups is 1. The van der Waals surface area contributed by atoms with Gasteiger partial charge in [-0.1, -0.05) is 6.08 Å². The summed E-state index contributed by atoms with van der Waals surface area (Å²) in [7, 11) is 1.28. The highest BCUT2D eigenvalue weighted by molar-refractivity contribution is 6.08. The van der Waals surface area contributed by atoms with Gasteiger partial charge in [0, 0.05) is 11.1 Å². The maximum Gasteiger partial charge on any atom is 0.342 e. The van der Waals surface area contributed by atoms with E-state index in [0.29, 0.717) is 12.0 Å². The summed E-state index contributed by atoms with van der Waals surface area (Å²) in [5.74, 6) is -4.31. The van der Waals surface area contributed by atoms with Gasteiger partial charge in [-0.05, 0) is 24.1 Å². The van der Waals surface area contributed by atoms with Gasteiger partial charge in [0.25, 0.3) is 5.56 Å². The third kappa shape index (κ3) is 3.09. The zero-order chi connectivity index (χ0) is 19.6. The van der Waals surface area contributed by atoms with Gasteiger partial charge in [0.15, 0.2) is 11.5 Å². The van der Waals surface area contributed by atoms with Crippen LogP contribution < -0.4 is 16.0 Å². The molecule has 0 aliphatic rings. The summed E-state index contributed by atoms with van der Waals surface area (Å²) in [6.45, 7) is 3.59. The van der Waals surface area contributed by atoms with E-state index in [-0.39, 0.29) is 11.3 Å². The monoisotopic (exact) mass is 360 g/mol. The lowest BCUT2D eigenvalue weighted by Crippen LogP contribution is -2.24. The number of allylic oxidation sites excluding steroid dienone is 1. The zero-order valence-electron chi connectivity index (χ0n) is 13.7. The first-order valence-corrected chi connectivity index (χ1v) is 7.26.